The zero-order chi connectivity index (χ0) is 7.68. The van der Waals surface area contributed by atoms with Gasteiger partial charge in [-0.25, -0.2) is 4.98 Å². The molecule has 68 valence electrons. The molecule has 0 saturated heterocycles. The van der Waals surface area contributed by atoms with E-state index in [0.29, 0.717) is 12.4 Å². The molecule has 2 rings (SSSR count). The van der Waals surface area contributed by atoms with Crippen molar-refractivity contribution >= 4 is 24.2 Å². The van der Waals surface area contributed by atoms with E-state index >= 15 is 0 Å². The lowest BCUT2D eigenvalue weighted by atomic mass is 10.3. The van der Waals surface area contributed by atoms with Crippen LogP contribution in [0.5, 0.6) is 0 Å². The highest BCUT2D eigenvalue weighted by Gasteiger charge is 2.15. The number of rotatable bonds is 1. The summed E-state index contributed by atoms with van der Waals surface area (Å²) in [7, 11) is 0. The normalized spacial score (nSPS) is 15.1. The second kappa shape index (κ2) is 4.16. The van der Waals surface area contributed by atoms with Crippen molar-refractivity contribution in [3.05, 3.63) is 17.3 Å². The molecule has 0 unspecified atom stereocenters. The molecule has 0 radical (unpaired) electrons. The first kappa shape index (κ1) is 9.89. The summed E-state index contributed by atoms with van der Waals surface area (Å²) < 4.78 is 5.41. The van der Waals surface area contributed by atoms with Crippen LogP contribution in [0, 0.1) is 0 Å². The molecular weight excluding hydrogens is 196 g/mol. The third kappa shape index (κ3) is 1.76. The second-order valence-electron chi connectivity index (χ2n) is 2.48. The summed E-state index contributed by atoms with van der Waals surface area (Å²) in [6.07, 6.45) is 1.01. The van der Waals surface area contributed by atoms with Gasteiger partial charge in [-0.15, -0.1) is 12.4 Å². The minimum atomic E-state index is 0. The van der Waals surface area contributed by atoms with Gasteiger partial charge in [-0.3, -0.25) is 0 Å². The van der Waals surface area contributed by atoms with E-state index in [1.165, 1.54) is 0 Å². The number of halogens is 1. The van der Waals surface area contributed by atoms with E-state index < -0.39 is 0 Å². The molecule has 5 heteroatoms. The van der Waals surface area contributed by atoms with Gasteiger partial charge in [0.15, 0.2) is 0 Å². The molecule has 1 aliphatic heterocycles. The number of nitrogens with two attached hydrogens (primary N) is 1. The van der Waals surface area contributed by atoms with E-state index in [2.05, 4.69) is 4.98 Å². The van der Waals surface area contributed by atoms with Gasteiger partial charge in [0.2, 0.25) is 5.89 Å². The third-order valence-corrected chi connectivity index (χ3v) is 2.68. The van der Waals surface area contributed by atoms with E-state index in [-0.39, 0.29) is 12.4 Å². The number of hydrogen-bond acceptors (Lipinski definition) is 4. The first-order valence-electron chi connectivity index (χ1n) is 3.65. The molecule has 0 saturated carbocycles. The van der Waals surface area contributed by atoms with Gasteiger partial charge in [0, 0.05) is 17.9 Å². The van der Waals surface area contributed by atoms with Crippen molar-refractivity contribution in [2.45, 2.75) is 18.7 Å². The molecule has 0 bridgehead atoms. The Bertz CT molecular complexity index is 240. The fourth-order valence-corrected chi connectivity index (χ4v) is 2.06. The first-order chi connectivity index (χ1) is 5.40. The van der Waals surface area contributed by atoms with E-state index in [1.807, 2.05) is 11.8 Å². The summed E-state index contributed by atoms with van der Waals surface area (Å²) in [5.74, 6) is 3.85. The van der Waals surface area contributed by atoms with Gasteiger partial charge in [0.05, 0.1) is 12.2 Å². The standard InChI is InChI=1S/C7H10N2OS.ClH/c8-3-7-9-5-4-11-2-1-6(5)10-7;/h1-4,8H2;1H. The molecule has 0 fully saturated rings. The van der Waals surface area contributed by atoms with Crippen LogP contribution in [0.3, 0.4) is 0 Å². The maximum Gasteiger partial charge on any atom is 0.208 e. The number of thioether (sulfide) groups is 1. The van der Waals surface area contributed by atoms with Crippen LogP contribution in [-0.2, 0) is 18.7 Å². The fourth-order valence-electron chi connectivity index (χ4n) is 1.17. The van der Waals surface area contributed by atoms with Crippen molar-refractivity contribution in [3.8, 4) is 0 Å². The van der Waals surface area contributed by atoms with Crippen LogP contribution in [0.2, 0.25) is 0 Å². The smallest absolute Gasteiger partial charge is 0.208 e. The van der Waals surface area contributed by atoms with Crippen molar-refractivity contribution < 1.29 is 4.42 Å². The number of fused-ring (bicyclic) bond motifs is 1. The molecule has 12 heavy (non-hydrogen) atoms. The Balaban J connectivity index is 0.000000720. The molecule has 0 amide bonds. The lowest BCUT2D eigenvalue weighted by molar-refractivity contribution is 0.460. The van der Waals surface area contributed by atoms with E-state index in [0.717, 1.165) is 29.4 Å². The highest BCUT2D eigenvalue weighted by molar-refractivity contribution is 7.98. The van der Waals surface area contributed by atoms with Gasteiger partial charge < -0.3 is 10.2 Å². The Morgan fingerprint density at radius 1 is 1.58 bits per heavy atom. The van der Waals surface area contributed by atoms with Crippen LogP contribution in [0.15, 0.2) is 4.42 Å². The van der Waals surface area contributed by atoms with Crippen molar-refractivity contribution in [3.63, 3.8) is 0 Å². The predicted octanol–water partition coefficient (Wildman–Crippen LogP) is 1.34. The minimum absolute atomic E-state index is 0. The van der Waals surface area contributed by atoms with Crippen molar-refractivity contribution in [1.82, 2.24) is 4.98 Å². The van der Waals surface area contributed by atoms with Gasteiger partial charge in [0.25, 0.3) is 0 Å². The van der Waals surface area contributed by atoms with Crippen molar-refractivity contribution in [2.75, 3.05) is 5.75 Å². The van der Waals surface area contributed by atoms with Gasteiger partial charge in [-0.2, -0.15) is 11.8 Å². The molecule has 2 N–H and O–H groups in total. The zero-order valence-corrected chi connectivity index (χ0v) is 8.21. The molecular formula is C7H11ClN2OS. The molecule has 0 aliphatic carbocycles. The lowest BCUT2D eigenvalue weighted by Crippen LogP contribution is -1.99. The van der Waals surface area contributed by atoms with Crippen LogP contribution in [0.1, 0.15) is 17.3 Å². The Hall–Kier alpha value is -0.190. The highest BCUT2D eigenvalue weighted by atomic mass is 35.5. The number of oxazole rings is 1. The van der Waals surface area contributed by atoms with Gasteiger partial charge >= 0.3 is 0 Å². The number of aromatic nitrogens is 1. The molecule has 2 heterocycles. The molecule has 1 aromatic heterocycles. The SMILES string of the molecule is Cl.NCc1nc2c(o1)CCSC2. The van der Waals surface area contributed by atoms with Crippen LogP contribution < -0.4 is 5.73 Å². The van der Waals surface area contributed by atoms with E-state index in [4.69, 9.17) is 10.2 Å². The Kier molecular flexibility index (Phi) is 3.43. The quantitative estimate of drug-likeness (QED) is 0.754. The topological polar surface area (TPSA) is 52.0 Å². The van der Waals surface area contributed by atoms with Crippen LogP contribution in [0.25, 0.3) is 0 Å². The number of aryl methyl sites for hydroxylation is 1. The fraction of sp³-hybridized carbons (Fsp3) is 0.571. The van der Waals surface area contributed by atoms with Crippen LogP contribution in [0.4, 0.5) is 0 Å². The van der Waals surface area contributed by atoms with Crippen LogP contribution >= 0.6 is 24.2 Å². The van der Waals surface area contributed by atoms with E-state index in [9.17, 15) is 0 Å². The van der Waals surface area contributed by atoms with Gasteiger partial charge in [-0.05, 0) is 0 Å². The molecule has 0 atom stereocenters. The second-order valence-corrected chi connectivity index (χ2v) is 3.59. The Labute approximate surface area is 81.5 Å². The summed E-state index contributed by atoms with van der Waals surface area (Å²) in [5, 5.41) is 0. The number of nitrogens with zero attached hydrogens (tertiary/aromatic N) is 1. The maximum absolute atomic E-state index is 5.41. The van der Waals surface area contributed by atoms with Crippen molar-refractivity contribution in [2.24, 2.45) is 5.73 Å². The lowest BCUT2D eigenvalue weighted by Gasteiger charge is -2.05. The maximum atomic E-state index is 5.41. The molecule has 0 aromatic carbocycles. The molecule has 1 aliphatic rings. The third-order valence-electron chi connectivity index (χ3n) is 1.71. The summed E-state index contributed by atoms with van der Waals surface area (Å²) in [5.41, 5.74) is 6.50. The number of hydrogen-bond donors (Lipinski definition) is 1. The Morgan fingerprint density at radius 2 is 2.42 bits per heavy atom. The molecule has 1 aromatic rings. The largest absolute Gasteiger partial charge is 0.444 e. The van der Waals surface area contributed by atoms with Crippen molar-refractivity contribution in [1.29, 1.82) is 0 Å². The summed E-state index contributed by atoms with van der Waals surface area (Å²) in [6.45, 7) is 0.414. The summed E-state index contributed by atoms with van der Waals surface area (Å²) >= 11 is 1.90. The minimum Gasteiger partial charge on any atom is -0.444 e. The Morgan fingerprint density at radius 3 is 3.08 bits per heavy atom. The predicted molar refractivity (Wildman–Crippen MR) is 51.5 cm³/mol. The average Bonchev–Trinajstić information content (AvgIpc) is 2.46. The molecule has 0 spiro atoms. The first-order valence-corrected chi connectivity index (χ1v) is 4.81. The van der Waals surface area contributed by atoms with Crippen LogP contribution in [-0.4, -0.2) is 10.7 Å². The van der Waals surface area contributed by atoms with Gasteiger partial charge in [0.1, 0.15) is 5.76 Å². The average molecular weight is 207 g/mol. The van der Waals surface area contributed by atoms with Gasteiger partial charge in [-0.1, -0.05) is 0 Å². The molecule has 3 nitrogen and oxygen atoms in total. The zero-order valence-electron chi connectivity index (χ0n) is 6.58. The van der Waals surface area contributed by atoms with E-state index in [1.54, 1.807) is 0 Å². The monoisotopic (exact) mass is 206 g/mol. The highest BCUT2D eigenvalue weighted by Crippen LogP contribution is 2.24. The summed E-state index contributed by atoms with van der Waals surface area (Å²) in [4.78, 5) is 4.26. The summed E-state index contributed by atoms with van der Waals surface area (Å²) in [6, 6.07) is 0.